The highest BCUT2D eigenvalue weighted by Gasteiger charge is 2.12. The molecule has 0 spiro atoms. The Morgan fingerprint density at radius 2 is 2.11 bits per heavy atom. The fraction of sp³-hybridized carbons (Fsp3) is 0.273. The van der Waals surface area contributed by atoms with Crippen molar-refractivity contribution in [3.8, 4) is 5.82 Å². The van der Waals surface area contributed by atoms with Crippen LogP contribution in [0.1, 0.15) is 12.5 Å². The molecule has 2 aromatic heterocycles. The highest BCUT2D eigenvalue weighted by Crippen LogP contribution is 2.14. The summed E-state index contributed by atoms with van der Waals surface area (Å²) in [6.45, 7) is 3.51. The fourth-order valence-electron chi connectivity index (χ4n) is 1.43. The summed E-state index contributed by atoms with van der Waals surface area (Å²) in [5.41, 5.74) is 1.03. The minimum absolute atomic E-state index is 0.0133. The van der Waals surface area contributed by atoms with Crippen molar-refractivity contribution in [3.63, 3.8) is 0 Å². The molecule has 0 saturated carbocycles. The van der Waals surface area contributed by atoms with Gasteiger partial charge >= 0.3 is 0 Å². The van der Waals surface area contributed by atoms with Crippen LogP contribution in [0.4, 0.5) is 5.82 Å². The quantitative estimate of drug-likeness (QED) is 0.906. The Balaban J connectivity index is 2.40. The van der Waals surface area contributed by atoms with Gasteiger partial charge < -0.3 is 0 Å². The second kappa shape index (κ2) is 4.77. The van der Waals surface area contributed by atoms with Crippen molar-refractivity contribution in [2.45, 2.75) is 13.8 Å². The molecule has 0 bridgehead atoms. The molecule has 0 unspecified atom stereocenters. The Kier molecular flexibility index (Phi) is 3.33. The summed E-state index contributed by atoms with van der Waals surface area (Å²) in [5.74, 6) is 0.975. The normalized spacial score (nSPS) is 11.4. The lowest BCUT2D eigenvalue weighted by Gasteiger charge is -2.08. The zero-order valence-electron chi connectivity index (χ0n) is 10.2. The van der Waals surface area contributed by atoms with E-state index in [9.17, 15) is 8.42 Å². The zero-order chi connectivity index (χ0) is 13.2. The van der Waals surface area contributed by atoms with Crippen LogP contribution in [-0.2, 0) is 10.0 Å². The van der Waals surface area contributed by atoms with Crippen molar-refractivity contribution in [1.82, 2.24) is 14.8 Å². The van der Waals surface area contributed by atoms with Gasteiger partial charge in [0.1, 0.15) is 5.82 Å². The number of aromatic nitrogens is 3. The first-order valence-corrected chi connectivity index (χ1v) is 7.14. The minimum Gasteiger partial charge on any atom is -0.267 e. The van der Waals surface area contributed by atoms with Crippen LogP contribution >= 0.6 is 0 Å². The van der Waals surface area contributed by atoms with Crippen LogP contribution in [0.25, 0.3) is 5.82 Å². The Morgan fingerprint density at radius 3 is 2.78 bits per heavy atom. The summed E-state index contributed by atoms with van der Waals surface area (Å²) < 4.78 is 27.0. The van der Waals surface area contributed by atoms with Gasteiger partial charge in [-0.2, -0.15) is 9.78 Å². The Bertz CT molecular complexity index is 649. The van der Waals surface area contributed by atoms with E-state index in [1.165, 1.54) is 10.9 Å². The molecule has 0 aromatic carbocycles. The molecule has 6 nitrogen and oxygen atoms in total. The lowest BCUT2D eigenvalue weighted by molar-refractivity contribution is 0.602. The largest absolute Gasteiger partial charge is 0.267 e. The van der Waals surface area contributed by atoms with E-state index in [1.807, 2.05) is 19.1 Å². The van der Waals surface area contributed by atoms with E-state index in [0.29, 0.717) is 11.6 Å². The van der Waals surface area contributed by atoms with E-state index in [4.69, 9.17) is 0 Å². The predicted molar refractivity (Wildman–Crippen MR) is 69.2 cm³/mol. The van der Waals surface area contributed by atoms with Crippen molar-refractivity contribution in [2.24, 2.45) is 0 Å². The first kappa shape index (κ1) is 12.6. The molecule has 0 atom stereocenters. The molecule has 0 fully saturated rings. The number of nitrogens with one attached hydrogen (secondary N) is 1. The topological polar surface area (TPSA) is 76.9 Å². The van der Waals surface area contributed by atoms with Gasteiger partial charge in [0, 0.05) is 12.3 Å². The minimum atomic E-state index is -3.32. The van der Waals surface area contributed by atoms with E-state index in [0.717, 1.165) is 5.56 Å². The van der Waals surface area contributed by atoms with Gasteiger partial charge in [0.2, 0.25) is 10.0 Å². The third-order valence-electron chi connectivity index (χ3n) is 2.40. The van der Waals surface area contributed by atoms with Crippen LogP contribution < -0.4 is 4.72 Å². The van der Waals surface area contributed by atoms with Crippen molar-refractivity contribution >= 4 is 15.8 Å². The molecule has 96 valence electrons. The van der Waals surface area contributed by atoms with Crippen molar-refractivity contribution in [1.29, 1.82) is 0 Å². The average molecular weight is 266 g/mol. The molecule has 0 aliphatic carbocycles. The standard InChI is InChI=1S/C11H14N4O2S/c1-3-18(16,17)14-10-5-7-13-15(10)11-8-9(2)4-6-12-11/h4-8,14H,3H2,1-2H3. The maximum Gasteiger partial charge on any atom is 0.233 e. The van der Waals surface area contributed by atoms with Crippen molar-refractivity contribution < 1.29 is 8.42 Å². The highest BCUT2D eigenvalue weighted by atomic mass is 32.2. The Hall–Kier alpha value is -1.89. The summed E-state index contributed by atoms with van der Waals surface area (Å²) in [7, 11) is -3.32. The van der Waals surface area contributed by atoms with Crippen LogP contribution in [0, 0.1) is 6.92 Å². The number of pyridine rings is 1. The molecule has 2 heterocycles. The Morgan fingerprint density at radius 1 is 1.33 bits per heavy atom. The lowest BCUT2D eigenvalue weighted by atomic mass is 10.3. The number of sulfonamides is 1. The number of aryl methyl sites for hydroxylation is 1. The molecular formula is C11H14N4O2S. The maximum atomic E-state index is 11.5. The molecule has 0 radical (unpaired) electrons. The summed E-state index contributed by atoms with van der Waals surface area (Å²) in [6.07, 6.45) is 3.18. The maximum absolute atomic E-state index is 11.5. The number of rotatable bonds is 4. The zero-order valence-corrected chi connectivity index (χ0v) is 11.0. The van der Waals surface area contributed by atoms with E-state index >= 15 is 0 Å². The van der Waals surface area contributed by atoms with Crippen LogP contribution in [0.15, 0.2) is 30.6 Å². The molecule has 0 saturated heterocycles. The third kappa shape index (κ3) is 2.67. The first-order valence-electron chi connectivity index (χ1n) is 5.49. The molecule has 0 amide bonds. The van der Waals surface area contributed by atoms with Crippen molar-refractivity contribution in [3.05, 3.63) is 36.2 Å². The van der Waals surface area contributed by atoms with Gasteiger partial charge in [-0.05, 0) is 31.5 Å². The molecule has 0 aliphatic rings. The fourth-order valence-corrected chi connectivity index (χ4v) is 2.05. The van der Waals surface area contributed by atoms with E-state index in [1.54, 1.807) is 19.2 Å². The number of nitrogens with zero attached hydrogens (tertiary/aromatic N) is 3. The van der Waals surface area contributed by atoms with E-state index < -0.39 is 10.0 Å². The van der Waals surface area contributed by atoms with Crippen LogP contribution in [-0.4, -0.2) is 28.9 Å². The Labute approximate surface area is 106 Å². The van der Waals surface area contributed by atoms with Crippen LogP contribution in [0.3, 0.4) is 0 Å². The van der Waals surface area contributed by atoms with Gasteiger partial charge in [0.05, 0.1) is 11.9 Å². The van der Waals surface area contributed by atoms with Gasteiger partial charge in [-0.15, -0.1) is 0 Å². The number of hydrogen-bond donors (Lipinski definition) is 1. The summed E-state index contributed by atoms with van der Waals surface area (Å²) in [6, 6.07) is 5.29. The average Bonchev–Trinajstić information content (AvgIpc) is 2.76. The molecule has 7 heteroatoms. The van der Waals surface area contributed by atoms with Crippen LogP contribution in [0.2, 0.25) is 0 Å². The first-order chi connectivity index (χ1) is 8.52. The monoisotopic (exact) mass is 266 g/mol. The van der Waals surface area contributed by atoms with Crippen LogP contribution in [0.5, 0.6) is 0 Å². The second-order valence-corrected chi connectivity index (χ2v) is 5.84. The van der Waals surface area contributed by atoms with Crippen molar-refractivity contribution in [2.75, 3.05) is 10.5 Å². The highest BCUT2D eigenvalue weighted by molar-refractivity contribution is 7.92. The SMILES string of the molecule is CCS(=O)(=O)Nc1ccnn1-c1cc(C)ccn1. The smallest absolute Gasteiger partial charge is 0.233 e. The number of anilines is 1. The summed E-state index contributed by atoms with van der Waals surface area (Å²) >= 11 is 0. The van der Waals surface area contributed by atoms with Gasteiger partial charge in [-0.3, -0.25) is 4.72 Å². The lowest BCUT2D eigenvalue weighted by Crippen LogP contribution is -2.17. The van der Waals surface area contributed by atoms with E-state index in [2.05, 4.69) is 14.8 Å². The second-order valence-electron chi connectivity index (χ2n) is 3.83. The number of hydrogen-bond acceptors (Lipinski definition) is 4. The summed E-state index contributed by atoms with van der Waals surface area (Å²) in [4.78, 5) is 4.16. The molecule has 0 aliphatic heterocycles. The molecule has 1 N–H and O–H groups in total. The van der Waals surface area contributed by atoms with Gasteiger partial charge in [-0.1, -0.05) is 0 Å². The molecule has 18 heavy (non-hydrogen) atoms. The van der Waals surface area contributed by atoms with Gasteiger partial charge in [0.15, 0.2) is 5.82 Å². The summed E-state index contributed by atoms with van der Waals surface area (Å²) in [5, 5.41) is 4.07. The van der Waals surface area contributed by atoms with Gasteiger partial charge in [0.25, 0.3) is 0 Å². The van der Waals surface area contributed by atoms with E-state index in [-0.39, 0.29) is 5.75 Å². The molecule has 2 aromatic rings. The molecule has 2 rings (SSSR count). The molecular weight excluding hydrogens is 252 g/mol. The van der Waals surface area contributed by atoms with Gasteiger partial charge in [-0.25, -0.2) is 13.4 Å². The predicted octanol–water partition coefficient (Wildman–Crippen LogP) is 1.34. The third-order valence-corrected chi connectivity index (χ3v) is 3.68.